The third kappa shape index (κ3) is 3.48. The molecule has 0 aromatic carbocycles. The van der Waals surface area contributed by atoms with Gasteiger partial charge in [0.15, 0.2) is 5.13 Å². The molecule has 0 spiro atoms. The zero-order valence-corrected chi connectivity index (χ0v) is 16.0. The minimum absolute atomic E-state index is 0.0138. The molecule has 5 nitrogen and oxygen atoms in total. The number of carbonyl (C=O) groups is 2. The molecule has 0 aliphatic carbocycles. The van der Waals surface area contributed by atoms with Crippen LogP contribution in [0.5, 0.6) is 0 Å². The summed E-state index contributed by atoms with van der Waals surface area (Å²) in [5.41, 5.74) is 0.958. The van der Waals surface area contributed by atoms with Crippen LogP contribution in [0.15, 0.2) is 29.6 Å². The smallest absolute Gasteiger partial charge is 0.267 e. The molecule has 0 bridgehead atoms. The highest BCUT2D eigenvalue weighted by atomic mass is 35.5. The molecule has 4 heterocycles. The highest BCUT2D eigenvalue weighted by Crippen LogP contribution is 2.31. The molecule has 4 rings (SSSR count). The molecule has 2 amide bonds. The molecule has 0 saturated carbocycles. The Kier molecular flexibility index (Phi) is 4.60. The molecular weight excluding hydrogens is 398 g/mol. The lowest BCUT2D eigenvalue weighted by molar-refractivity contribution is 0.0741. The van der Waals surface area contributed by atoms with E-state index in [4.69, 9.17) is 11.6 Å². The highest BCUT2D eigenvalue weighted by molar-refractivity contribution is 7.18. The number of halogens is 1. The Morgan fingerprint density at radius 1 is 1.20 bits per heavy atom. The number of thiophene rings is 2. The fraction of sp³-hybridized carbons (Fsp3) is 0.188. The van der Waals surface area contributed by atoms with Crippen LogP contribution in [0.2, 0.25) is 4.34 Å². The van der Waals surface area contributed by atoms with Crippen LogP contribution >= 0.6 is 45.6 Å². The molecule has 0 saturated heterocycles. The van der Waals surface area contributed by atoms with Crippen molar-refractivity contribution in [2.24, 2.45) is 0 Å². The van der Waals surface area contributed by atoms with Crippen molar-refractivity contribution >= 4 is 62.6 Å². The number of rotatable bonds is 3. The van der Waals surface area contributed by atoms with Crippen molar-refractivity contribution in [3.05, 3.63) is 54.3 Å². The van der Waals surface area contributed by atoms with E-state index in [-0.39, 0.29) is 11.8 Å². The number of amides is 2. The molecule has 1 N–H and O–H groups in total. The Hall–Kier alpha value is -1.74. The quantitative estimate of drug-likeness (QED) is 0.698. The maximum atomic E-state index is 12.6. The van der Waals surface area contributed by atoms with Crippen molar-refractivity contribution in [3.63, 3.8) is 0 Å². The monoisotopic (exact) mass is 409 g/mol. The van der Waals surface area contributed by atoms with Crippen LogP contribution in [0.4, 0.5) is 5.13 Å². The molecule has 0 fully saturated rings. The lowest BCUT2D eigenvalue weighted by Gasteiger charge is -2.25. The first kappa shape index (κ1) is 16.7. The Balaban J connectivity index is 1.47. The second-order valence-electron chi connectivity index (χ2n) is 5.40. The molecule has 3 aromatic rings. The van der Waals surface area contributed by atoms with Crippen LogP contribution in [0.1, 0.15) is 29.9 Å². The maximum absolute atomic E-state index is 12.6. The van der Waals surface area contributed by atoms with Gasteiger partial charge in [0.25, 0.3) is 11.8 Å². The first-order valence-electron chi connectivity index (χ1n) is 7.48. The SMILES string of the molecule is O=C(Nc1nc2c(s1)CN(C(=O)c1ccc(Cl)s1)CC2)c1cccs1. The highest BCUT2D eigenvalue weighted by Gasteiger charge is 2.26. The van der Waals surface area contributed by atoms with Crippen LogP contribution in [0, 0.1) is 0 Å². The number of anilines is 1. The second kappa shape index (κ2) is 6.87. The molecular formula is C16H12ClN3O2S3. The summed E-state index contributed by atoms with van der Waals surface area (Å²) in [6.07, 6.45) is 0.686. The maximum Gasteiger partial charge on any atom is 0.267 e. The average molecular weight is 410 g/mol. The summed E-state index contributed by atoms with van der Waals surface area (Å²) in [6.45, 7) is 1.12. The van der Waals surface area contributed by atoms with Crippen LogP contribution < -0.4 is 5.32 Å². The standard InChI is InChI=1S/C16H12ClN3O2S3/c17-13-4-3-11(24-13)15(22)20-6-5-9-12(8-20)25-16(18-9)19-14(21)10-2-1-7-23-10/h1-4,7H,5-6,8H2,(H,18,19,21). The van der Waals surface area contributed by atoms with Gasteiger partial charge in [0, 0.05) is 17.8 Å². The first-order valence-corrected chi connectivity index (χ1v) is 10.4. The average Bonchev–Trinajstić information content (AvgIpc) is 3.33. The topological polar surface area (TPSA) is 62.3 Å². The number of fused-ring (bicyclic) bond motifs is 1. The summed E-state index contributed by atoms with van der Waals surface area (Å²) < 4.78 is 0.609. The molecule has 0 radical (unpaired) electrons. The summed E-state index contributed by atoms with van der Waals surface area (Å²) in [4.78, 5) is 33.3. The van der Waals surface area contributed by atoms with Gasteiger partial charge in [-0.2, -0.15) is 0 Å². The molecule has 128 valence electrons. The lowest BCUT2D eigenvalue weighted by atomic mass is 10.2. The van der Waals surface area contributed by atoms with E-state index in [2.05, 4.69) is 10.3 Å². The fourth-order valence-corrected chi connectivity index (χ4v) is 5.22. The molecule has 0 atom stereocenters. The van der Waals surface area contributed by atoms with Gasteiger partial charge in [-0.15, -0.1) is 22.7 Å². The molecule has 25 heavy (non-hydrogen) atoms. The van der Waals surface area contributed by atoms with Gasteiger partial charge in [0.1, 0.15) is 0 Å². The van der Waals surface area contributed by atoms with Crippen molar-refractivity contribution in [2.45, 2.75) is 13.0 Å². The van der Waals surface area contributed by atoms with Crippen molar-refractivity contribution in [1.29, 1.82) is 0 Å². The predicted molar refractivity (Wildman–Crippen MR) is 102 cm³/mol. The number of hydrogen-bond donors (Lipinski definition) is 1. The molecule has 1 aliphatic heterocycles. The van der Waals surface area contributed by atoms with Crippen LogP contribution in [0.25, 0.3) is 0 Å². The molecule has 1 aliphatic rings. The van der Waals surface area contributed by atoms with Gasteiger partial charge in [-0.05, 0) is 23.6 Å². The van der Waals surface area contributed by atoms with Gasteiger partial charge in [-0.25, -0.2) is 4.98 Å². The minimum atomic E-state index is -0.151. The number of aromatic nitrogens is 1. The van der Waals surface area contributed by atoms with E-state index >= 15 is 0 Å². The zero-order valence-electron chi connectivity index (χ0n) is 12.8. The van der Waals surface area contributed by atoms with Gasteiger partial charge in [-0.3, -0.25) is 14.9 Å². The van der Waals surface area contributed by atoms with E-state index in [0.29, 0.717) is 38.7 Å². The normalized spacial score (nSPS) is 13.6. The van der Waals surface area contributed by atoms with E-state index < -0.39 is 0 Å². The van der Waals surface area contributed by atoms with Crippen LogP contribution in [-0.2, 0) is 13.0 Å². The van der Waals surface area contributed by atoms with Gasteiger partial charge in [-0.1, -0.05) is 29.0 Å². The third-order valence-corrected chi connectivity index (χ3v) is 6.85. The van der Waals surface area contributed by atoms with Crippen molar-refractivity contribution in [2.75, 3.05) is 11.9 Å². The predicted octanol–water partition coefficient (Wildman–Crippen LogP) is 4.37. The van der Waals surface area contributed by atoms with Crippen molar-refractivity contribution in [3.8, 4) is 0 Å². The Bertz CT molecular complexity index is 932. The summed E-state index contributed by atoms with van der Waals surface area (Å²) in [7, 11) is 0. The van der Waals surface area contributed by atoms with E-state index in [1.807, 2.05) is 11.4 Å². The van der Waals surface area contributed by atoms with Gasteiger partial charge < -0.3 is 4.90 Å². The van der Waals surface area contributed by atoms with Gasteiger partial charge in [0.2, 0.25) is 0 Å². The number of carbonyl (C=O) groups excluding carboxylic acids is 2. The van der Waals surface area contributed by atoms with E-state index in [1.54, 1.807) is 23.1 Å². The van der Waals surface area contributed by atoms with Crippen LogP contribution in [-0.4, -0.2) is 28.2 Å². The van der Waals surface area contributed by atoms with E-state index in [1.165, 1.54) is 34.0 Å². The van der Waals surface area contributed by atoms with Gasteiger partial charge in [0.05, 0.1) is 26.3 Å². The molecule has 3 aromatic heterocycles. The Labute approximate surface area is 160 Å². The summed E-state index contributed by atoms with van der Waals surface area (Å²) in [6, 6.07) is 7.11. The summed E-state index contributed by atoms with van der Waals surface area (Å²) in [5, 5.41) is 5.28. The van der Waals surface area contributed by atoms with Gasteiger partial charge >= 0.3 is 0 Å². The van der Waals surface area contributed by atoms with E-state index in [9.17, 15) is 9.59 Å². The summed E-state index contributed by atoms with van der Waals surface area (Å²) >= 11 is 10.0. The van der Waals surface area contributed by atoms with Crippen LogP contribution in [0.3, 0.4) is 0 Å². The van der Waals surface area contributed by atoms with Crippen molar-refractivity contribution < 1.29 is 9.59 Å². The third-order valence-electron chi connectivity index (χ3n) is 3.77. The number of thiazole rings is 1. The molecule has 9 heteroatoms. The number of nitrogens with zero attached hydrogens (tertiary/aromatic N) is 2. The van der Waals surface area contributed by atoms with E-state index in [0.717, 1.165) is 10.6 Å². The molecule has 0 unspecified atom stereocenters. The number of nitrogens with one attached hydrogen (secondary N) is 1. The lowest BCUT2D eigenvalue weighted by Crippen LogP contribution is -2.35. The first-order chi connectivity index (χ1) is 12.1. The largest absolute Gasteiger partial charge is 0.332 e. The van der Waals surface area contributed by atoms with Crippen molar-refractivity contribution in [1.82, 2.24) is 9.88 Å². The fourth-order valence-electron chi connectivity index (χ4n) is 2.57. The second-order valence-corrected chi connectivity index (χ2v) is 9.15. The zero-order chi connectivity index (χ0) is 17.4. The number of hydrogen-bond acceptors (Lipinski definition) is 6. The summed E-state index contributed by atoms with van der Waals surface area (Å²) in [5.74, 6) is -0.164. The Morgan fingerprint density at radius 2 is 2.08 bits per heavy atom. The minimum Gasteiger partial charge on any atom is -0.332 e. The Morgan fingerprint density at radius 3 is 2.80 bits per heavy atom.